The Morgan fingerprint density at radius 2 is 2.06 bits per heavy atom. The van der Waals surface area contributed by atoms with E-state index in [1.807, 2.05) is 6.92 Å². The Balaban J connectivity index is 2.73. The van der Waals surface area contributed by atoms with Crippen molar-refractivity contribution in [2.45, 2.75) is 6.92 Å². The number of rotatable bonds is 4. The molecule has 4 N–H and O–H groups in total. The van der Waals surface area contributed by atoms with Crippen molar-refractivity contribution in [3.05, 3.63) is 29.8 Å². The van der Waals surface area contributed by atoms with Crippen LogP contribution in [0.25, 0.3) is 0 Å². The summed E-state index contributed by atoms with van der Waals surface area (Å²) >= 11 is 0. The van der Waals surface area contributed by atoms with E-state index in [1.54, 1.807) is 24.3 Å². The first-order chi connectivity index (χ1) is 7.43. The van der Waals surface area contributed by atoms with Crippen molar-refractivity contribution >= 4 is 13.4 Å². The summed E-state index contributed by atoms with van der Waals surface area (Å²) in [4.78, 5) is 9.40. The molecule has 0 spiro atoms. The molecule has 1 unspecified atom stereocenters. The normalized spacial score (nSPS) is 15.5. The summed E-state index contributed by atoms with van der Waals surface area (Å²) in [7, 11) is -3.92. The lowest BCUT2D eigenvalue weighted by atomic mass is 10.2. The zero-order valence-electron chi connectivity index (χ0n) is 8.70. The molecule has 0 fully saturated rings. The van der Waals surface area contributed by atoms with Gasteiger partial charge in [0.25, 0.3) is 0 Å². The molecule has 6 nitrogen and oxygen atoms in total. The number of amidine groups is 1. The van der Waals surface area contributed by atoms with Gasteiger partial charge in [0, 0.05) is 0 Å². The van der Waals surface area contributed by atoms with Crippen LogP contribution in [-0.4, -0.2) is 22.1 Å². The van der Waals surface area contributed by atoms with E-state index in [-0.39, 0.29) is 11.6 Å². The number of aryl methyl sites for hydroxylation is 1. The van der Waals surface area contributed by atoms with Crippen molar-refractivity contribution in [1.82, 2.24) is 0 Å². The van der Waals surface area contributed by atoms with E-state index in [1.165, 1.54) is 0 Å². The standard InChI is InChI=1S/C9H13N2O4P/c1-7-2-4-8(5-3-7)15-16(13,14)6-9(10)11-12/h2-5,12H,6H2,1H3,(H2,10,11)(H,13,14). The molecular weight excluding hydrogens is 231 g/mol. The van der Waals surface area contributed by atoms with Gasteiger partial charge in [-0.05, 0) is 19.1 Å². The van der Waals surface area contributed by atoms with E-state index in [4.69, 9.17) is 15.5 Å². The number of benzene rings is 1. The Kier molecular flexibility index (Phi) is 3.93. The first-order valence-electron chi connectivity index (χ1n) is 4.47. The van der Waals surface area contributed by atoms with Gasteiger partial charge in [-0.3, -0.25) is 0 Å². The van der Waals surface area contributed by atoms with Crippen LogP contribution >= 0.6 is 7.60 Å². The summed E-state index contributed by atoms with van der Waals surface area (Å²) < 4.78 is 16.4. The van der Waals surface area contributed by atoms with Crippen molar-refractivity contribution in [2.24, 2.45) is 10.9 Å². The first kappa shape index (κ1) is 12.5. The lowest BCUT2D eigenvalue weighted by Crippen LogP contribution is -2.18. The van der Waals surface area contributed by atoms with Crippen LogP contribution in [0.15, 0.2) is 29.4 Å². The Hall–Kier alpha value is -1.52. The van der Waals surface area contributed by atoms with Gasteiger partial charge >= 0.3 is 7.60 Å². The van der Waals surface area contributed by atoms with Crippen molar-refractivity contribution in [3.8, 4) is 5.75 Å². The molecule has 88 valence electrons. The highest BCUT2D eigenvalue weighted by atomic mass is 31.2. The molecule has 0 heterocycles. The first-order valence-corrected chi connectivity index (χ1v) is 6.24. The molecule has 1 aromatic carbocycles. The monoisotopic (exact) mass is 244 g/mol. The second kappa shape index (κ2) is 5.01. The minimum absolute atomic E-state index is 0.266. The highest BCUT2D eigenvalue weighted by Gasteiger charge is 2.23. The zero-order chi connectivity index (χ0) is 12.2. The van der Waals surface area contributed by atoms with E-state index in [0.29, 0.717) is 0 Å². The average Bonchev–Trinajstić information content (AvgIpc) is 2.20. The van der Waals surface area contributed by atoms with Gasteiger partial charge in [0.05, 0.1) is 0 Å². The lowest BCUT2D eigenvalue weighted by molar-refractivity contribution is 0.317. The van der Waals surface area contributed by atoms with Gasteiger partial charge in [0.2, 0.25) is 0 Å². The zero-order valence-corrected chi connectivity index (χ0v) is 9.59. The van der Waals surface area contributed by atoms with Crippen LogP contribution in [0.5, 0.6) is 5.75 Å². The minimum Gasteiger partial charge on any atom is -0.424 e. The van der Waals surface area contributed by atoms with Crippen molar-refractivity contribution < 1.29 is 19.2 Å². The summed E-state index contributed by atoms with van der Waals surface area (Å²) in [6.07, 6.45) is -0.516. The molecule has 0 saturated carbocycles. The second-order valence-corrected chi connectivity index (χ2v) is 5.06. The lowest BCUT2D eigenvalue weighted by Gasteiger charge is -2.12. The van der Waals surface area contributed by atoms with Crippen molar-refractivity contribution in [1.29, 1.82) is 0 Å². The molecule has 0 radical (unpaired) electrons. The van der Waals surface area contributed by atoms with Crippen LogP contribution in [0.1, 0.15) is 5.56 Å². The SMILES string of the molecule is Cc1ccc(OP(=O)(O)CC(N)=NO)cc1. The van der Waals surface area contributed by atoms with Gasteiger partial charge in [0.1, 0.15) is 11.9 Å². The summed E-state index contributed by atoms with van der Waals surface area (Å²) in [5.41, 5.74) is 6.14. The summed E-state index contributed by atoms with van der Waals surface area (Å²) in [5.74, 6) is -0.0832. The fourth-order valence-corrected chi connectivity index (χ4v) is 2.02. The summed E-state index contributed by atoms with van der Waals surface area (Å²) in [6.45, 7) is 1.89. The molecule has 0 aliphatic heterocycles. The predicted molar refractivity (Wildman–Crippen MR) is 59.9 cm³/mol. The maximum Gasteiger partial charge on any atom is 0.384 e. The molecule has 1 aromatic rings. The highest BCUT2D eigenvalue weighted by molar-refractivity contribution is 7.54. The minimum atomic E-state index is -3.92. The maximum atomic E-state index is 11.5. The Morgan fingerprint density at radius 3 is 2.56 bits per heavy atom. The Morgan fingerprint density at radius 1 is 1.50 bits per heavy atom. The van der Waals surface area contributed by atoms with E-state index >= 15 is 0 Å². The van der Waals surface area contributed by atoms with Crippen LogP contribution in [0.2, 0.25) is 0 Å². The van der Waals surface area contributed by atoms with E-state index < -0.39 is 13.8 Å². The van der Waals surface area contributed by atoms with Gasteiger partial charge in [-0.2, -0.15) is 0 Å². The van der Waals surface area contributed by atoms with Gasteiger partial charge in [-0.25, -0.2) is 4.57 Å². The number of nitrogens with zero attached hydrogens (tertiary/aromatic N) is 1. The fourth-order valence-electron chi connectivity index (χ4n) is 1.03. The van der Waals surface area contributed by atoms with Crippen LogP contribution in [0.4, 0.5) is 0 Å². The van der Waals surface area contributed by atoms with E-state index in [9.17, 15) is 9.46 Å². The summed E-state index contributed by atoms with van der Waals surface area (Å²) in [6, 6.07) is 6.65. The molecule has 0 bridgehead atoms. The van der Waals surface area contributed by atoms with Crippen molar-refractivity contribution in [3.63, 3.8) is 0 Å². The van der Waals surface area contributed by atoms with Gasteiger partial charge in [-0.1, -0.05) is 22.9 Å². The molecule has 0 aliphatic carbocycles. The Bertz CT molecular complexity index is 430. The third-order valence-electron chi connectivity index (χ3n) is 1.76. The van der Waals surface area contributed by atoms with Crippen LogP contribution < -0.4 is 10.3 Å². The third-order valence-corrected chi connectivity index (χ3v) is 2.98. The fraction of sp³-hybridized carbons (Fsp3) is 0.222. The van der Waals surface area contributed by atoms with Crippen LogP contribution in [-0.2, 0) is 4.57 Å². The van der Waals surface area contributed by atoms with Crippen LogP contribution in [0, 0.1) is 6.92 Å². The smallest absolute Gasteiger partial charge is 0.384 e. The molecular formula is C9H13N2O4P. The maximum absolute atomic E-state index is 11.5. The van der Waals surface area contributed by atoms with E-state index in [0.717, 1.165) is 5.56 Å². The average molecular weight is 244 g/mol. The number of nitrogens with two attached hydrogens (primary N) is 1. The van der Waals surface area contributed by atoms with Gasteiger partial charge in [0.15, 0.2) is 5.84 Å². The second-order valence-electron chi connectivity index (χ2n) is 3.29. The molecule has 0 aliphatic rings. The number of hydrogen-bond donors (Lipinski definition) is 3. The topological polar surface area (TPSA) is 105 Å². The molecule has 7 heteroatoms. The molecule has 1 atom stereocenters. The molecule has 0 amide bonds. The third kappa shape index (κ3) is 3.92. The molecule has 16 heavy (non-hydrogen) atoms. The predicted octanol–water partition coefficient (Wildman–Crippen LogP) is 1.31. The quantitative estimate of drug-likeness (QED) is 0.243. The van der Waals surface area contributed by atoms with Crippen LogP contribution in [0.3, 0.4) is 0 Å². The number of oxime groups is 1. The van der Waals surface area contributed by atoms with Crippen molar-refractivity contribution in [2.75, 3.05) is 6.16 Å². The Labute approximate surface area is 92.9 Å². The van der Waals surface area contributed by atoms with Gasteiger partial charge in [-0.15, -0.1) is 0 Å². The molecule has 0 aromatic heterocycles. The largest absolute Gasteiger partial charge is 0.424 e. The molecule has 0 saturated heterocycles. The van der Waals surface area contributed by atoms with E-state index in [2.05, 4.69) is 5.16 Å². The van der Waals surface area contributed by atoms with Gasteiger partial charge < -0.3 is 20.4 Å². The summed E-state index contributed by atoms with van der Waals surface area (Å²) in [5, 5.41) is 10.9. The molecule has 1 rings (SSSR count). The number of hydrogen-bond acceptors (Lipinski definition) is 4. The highest BCUT2D eigenvalue weighted by Crippen LogP contribution is 2.42.